The molecule has 0 unspecified atom stereocenters. The Kier molecular flexibility index (Phi) is 10.6. The smallest absolute Gasteiger partial charge is 0.133 e. The van der Waals surface area contributed by atoms with Crippen molar-refractivity contribution in [3.8, 4) is 11.1 Å². The normalized spacial score (nSPS) is 10.4. The molecule has 0 bridgehead atoms. The first-order valence-electron chi connectivity index (χ1n) is 9.55. The van der Waals surface area contributed by atoms with Crippen molar-refractivity contribution in [2.45, 2.75) is 52.9 Å². The zero-order chi connectivity index (χ0) is 20.2. The van der Waals surface area contributed by atoms with Gasteiger partial charge >= 0.3 is 0 Å². The number of rotatable bonds is 5. The van der Waals surface area contributed by atoms with Crippen LogP contribution in [0.25, 0.3) is 11.1 Å². The van der Waals surface area contributed by atoms with Crippen molar-refractivity contribution in [3.63, 3.8) is 0 Å². The predicted octanol–water partition coefficient (Wildman–Crippen LogP) is 6.42. The number of fused-ring (bicyclic) bond motifs is 3. The molecule has 0 saturated carbocycles. The molecule has 2 aromatic rings. The molecule has 4 heteroatoms. The van der Waals surface area contributed by atoms with Crippen LogP contribution in [0.4, 0.5) is 5.69 Å². The molecule has 0 radical (unpaired) electrons. The third kappa shape index (κ3) is 7.30. The number of carbonyl (C=O) groups excluding carboxylic acids is 2. The van der Waals surface area contributed by atoms with Crippen LogP contribution in [0.3, 0.4) is 0 Å². The van der Waals surface area contributed by atoms with Crippen molar-refractivity contribution in [1.29, 1.82) is 0 Å². The van der Waals surface area contributed by atoms with Crippen LogP contribution in [0, 0.1) is 0 Å². The maximum atomic E-state index is 10.4. The standard InChI is InChI=1S/C14H12BrN.C6H10O2.C3H8/c1-16-12-5-3-10-6-9-2-4-11(15)7-13(9)14(10)8-12;1-2-6(8)4-3-5-7;1-3-2/h2-5,7-8,16H,6H2,1H3;5H,2-4H2,1H3;3H2,1-2H3. The van der Waals surface area contributed by atoms with E-state index in [0.29, 0.717) is 19.3 Å². The maximum Gasteiger partial charge on any atom is 0.133 e. The number of nitrogens with one attached hydrogen (secondary N) is 1. The zero-order valence-corrected chi connectivity index (χ0v) is 18.4. The molecule has 0 saturated heterocycles. The lowest BCUT2D eigenvalue weighted by atomic mass is 10.1. The van der Waals surface area contributed by atoms with Crippen molar-refractivity contribution in [2.24, 2.45) is 0 Å². The first-order chi connectivity index (χ1) is 13.0. The van der Waals surface area contributed by atoms with Gasteiger partial charge in [-0.2, -0.15) is 0 Å². The molecule has 0 aromatic heterocycles. The second kappa shape index (κ2) is 12.4. The summed E-state index contributed by atoms with van der Waals surface area (Å²) in [6.07, 6.45) is 4.43. The number of carbonyl (C=O) groups is 2. The highest BCUT2D eigenvalue weighted by Crippen LogP contribution is 2.39. The summed E-state index contributed by atoms with van der Waals surface area (Å²) in [5, 5.41) is 3.19. The zero-order valence-electron chi connectivity index (χ0n) is 16.8. The number of benzene rings is 2. The third-order valence-electron chi connectivity index (χ3n) is 4.08. The van der Waals surface area contributed by atoms with E-state index in [0.717, 1.165) is 17.2 Å². The molecule has 1 aliphatic carbocycles. The Morgan fingerprint density at radius 3 is 2.22 bits per heavy atom. The van der Waals surface area contributed by atoms with Gasteiger partial charge in [0.1, 0.15) is 12.1 Å². The van der Waals surface area contributed by atoms with Crippen LogP contribution in [0.5, 0.6) is 0 Å². The summed E-state index contributed by atoms with van der Waals surface area (Å²) in [6.45, 7) is 6.05. The third-order valence-corrected chi connectivity index (χ3v) is 4.57. The largest absolute Gasteiger partial charge is 0.388 e. The second-order valence-corrected chi connectivity index (χ2v) is 7.32. The average Bonchev–Trinajstić information content (AvgIpc) is 3.04. The van der Waals surface area contributed by atoms with E-state index in [1.165, 1.54) is 34.4 Å². The van der Waals surface area contributed by atoms with E-state index in [2.05, 4.69) is 71.5 Å². The summed E-state index contributed by atoms with van der Waals surface area (Å²) >= 11 is 3.54. The first kappa shape index (κ1) is 23.1. The van der Waals surface area contributed by atoms with Gasteiger partial charge in [-0.1, -0.05) is 55.3 Å². The predicted molar refractivity (Wildman–Crippen MR) is 118 cm³/mol. The Morgan fingerprint density at radius 2 is 1.67 bits per heavy atom. The van der Waals surface area contributed by atoms with Gasteiger partial charge in [0, 0.05) is 36.5 Å². The Balaban J connectivity index is 0.000000282. The highest BCUT2D eigenvalue weighted by Gasteiger charge is 2.18. The summed E-state index contributed by atoms with van der Waals surface area (Å²) in [5.74, 6) is 0.164. The monoisotopic (exact) mass is 431 g/mol. The van der Waals surface area contributed by atoms with Crippen LogP contribution >= 0.6 is 15.9 Å². The minimum absolute atomic E-state index is 0.164. The molecule has 146 valence electrons. The minimum atomic E-state index is 0.164. The van der Waals surface area contributed by atoms with Gasteiger partial charge in [0.2, 0.25) is 0 Å². The van der Waals surface area contributed by atoms with Crippen LogP contribution in [0.2, 0.25) is 0 Å². The molecule has 3 nitrogen and oxygen atoms in total. The fourth-order valence-corrected chi connectivity index (χ4v) is 3.05. The summed E-state index contributed by atoms with van der Waals surface area (Å²) in [6, 6.07) is 13.1. The lowest BCUT2D eigenvalue weighted by Gasteiger charge is -2.05. The topological polar surface area (TPSA) is 46.2 Å². The fraction of sp³-hybridized carbons (Fsp3) is 0.391. The molecule has 1 N–H and O–H groups in total. The van der Waals surface area contributed by atoms with E-state index in [1.807, 2.05) is 7.05 Å². The number of anilines is 1. The van der Waals surface area contributed by atoms with Gasteiger partial charge in [-0.3, -0.25) is 4.79 Å². The van der Waals surface area contributed by atoms with Gasteiger partial charge in [-0.25, -0.2) is 0 Å². The van der Waals surface area contributed by atoms with Gasteiger partial charge in [0.25, 0.3) is 0 Å². The fourth-order valence-electron chi connectivity index (χ4n) is 2.69. The molecule has 1 aliphatic rings. The summed E-state index contributed by atoms with van der Waals surface area (Å²) < 4.78 is 1.15. The summed E-state index contributed by atoms with van der Waals surface area (Å²) in [5.41, 5.74) is 6.75. The minimum Gasteiger partial charge on any atom is -0.388 e. The van der Waals surface area contributed by atoms with Crippen molar-refractivity contribution in [3.05, 3.63) is 52.0 Å². The maximum absolute atomic E-state index is 10.4. The molecular formula is C23H30BrNO2. The van der Waals surface area contributed by atoms with Crippen molar-refractivity contribution in [1.82, 2.24) is 0 Å². The number of Topliss-reactive ketones (excluding diaryl/α,β-unsaturated/α-hetero) is 1. The van der Waals surface area contributed by atoms with Crippen LogP contribution in [-0.4, -0.2) is 19.1 Å². The van der Waals surface area contributed by atoms with Crippen LogP contribution in [0.1, 0.15) is 57.6 Å². The molecule has 3 rings (SSSR count). The van der Waals surface area contributed by atoms with Gasteiger partial charge < -0.3 is 10.1 Å². The van der Waals surface area contributed by atoms with E-state index >= 15 is 0 Å². The molecule has 0 aliphatic heterocycles. The highest BCUT2D eigenvalue weighted by atomic mass is 79.9. The SMILES string of the molecule is CCC.CCC(=O)CCC=O.CNc1ccc2c(c1)-c1cc(Br)ccc1C2. The number of ketones is 1. The summed E-state index contributed by atoms with van der Waals surface area (Å²) in [7, 11) is 1.96. The molecule has 0 atom stereocenters. The molecule has 0 amide bonds. The Labute approximate surface area is 171 Å². The number of aldehydes is 1. The second-order valence-electron chi connectivity index (χ2n) is 6.40. The van der Waals surface area contributed by atoms with Crippen LogP contribution < -0.4 is 5.32 Å². The van der Waals surface area contributed by atoms with E-state index in [9.17, 15) is 9.59 Å². The Bertz CT molecular complexity index is 756. The van der Waals surface area contributed by atoms with Crippen molar-refractivity contribution in [2.75, 3.05) is 12.4 Å². The summed E-state index contributed by atoms with van der Waals surface area (Å²) in [4.78, 5) is 20.1. The first-order valence-corrected chi connectivity index (χ1v) is 10.3. The van der Waals surface area contributed by atoms with E-state index in [4.69, 9.17) is 0 Å². The highest BCUT2D eigenvalue weighted by molar-refractivity contribution is 9.10. The van der Waals surface area contributed by atoms with E-state index in [-0.39, 0.29) is 5.78 Å². The lowest BCUT2D eigenvalue weighted by Crippen LogP contribution is -1.93. The number of halogens is 1. The van der Waals surface area contributed by atoms with Crippen LogP contribution in [0.15, 0.2) is 40.9 Å². The van der Waals surface area contributed by atoms with E-state index < -0.39 is 0 Å². The van der Waals surface area contributed by atoms with Crippen molar-refractivity contribution < 1.29 is 9.59 Å². The van der Waals surface area contributed by atoms with Gasteiger partial charge in [-0.15, -0.1) is 0 Å². The average molecular weight is 432 g/mol. The molecular weight excluding hydrogens is 402 g/mol. The molecule has 0 spiro atoms. The van der Waals surface area contributed by atoms with Gasteiger partial charge in [-0.05, 0) is 52.9 Å². The number of hydrogen-bond donors (Lipinski definition) is 1. The molecule has 0 heterocycles. The number of hydrogen-bond acceptors (Lipinski definition) is 3. The molecule has 27 heavy (non-hydrogen) atoms. The van der Waals surface area contributed by atoms with Crippen LogP contribution in [-0.2, 0) is 16.0 Å². The van der Waals surface area contributed by atoms with Gasteiger partial charge in [0.05, 0.1) is 0 Å². The van der Waals surface area contributed by atoms with E-state index in [1.54, 1.807) is 6.92 Å². The Hall–Kier alpha value is -1.94. The Morgan fingerprint density at radius 1 is 1.07 bits per heavy atom. The molecule has 0 fully saturated rings. The van der Waals surface area contributed by atoms with Crippen molar-refractivity contribution >= 4 is 33.7 Å². The lowest BCUT2D eigenvalue weighted by molar-refractivity contribution is -0.120. The quantitative estimate of drug-likeness (QED) is 0.473. The molecule has 2 aromatic carbocycles. The van der Waals surface area contributed by atoms with Gasteiger partial charge in [0.15, 0.2) is 0 Å².